The molecule has 0 aliphatic carbocycles. The minimum atomic E-state index is 1.20. The molecule has 2 heteroatoms. The van der Waals surface area contributed by atoms with E-state index in [1.165, 1.54) is 9.35 Å². The van der Waals surface area contributed by atoms with Crippen LogP contribution >= 0.6 is 27.3 Å². The minimum Gasteiger partial charge on any atom is -0.147 e. The molecule has 1 radical (unpaired) electrons. The second kappa shape index (κ2) is 2.65. The molecular formula is C6H6BrS. The number of halogens is 1. The van der Waals surface area contributed by atoms with Gasteiger partial charge in [-0.25, -0.2) is 0 Å². The van der Waals surface area contributed by atoms with Crippen LogP contribution in [0.15, 0.2) is 15.9 Å². The smallest absolute Gasteiger partial charge is 0.0317 e. The summed E-state index contributed by atoms with van der Waals surface area (Å²) < 4.78 is 1.20. The first kappa shape index (κ1) is 6.30. The van der Waals surface area contributed by atoms with Crippen LogP contribution in [0, 0.1) is 6.42 Å². The number of thiophene rings is 1. The summed E-state index contributed by atoms with van der Waals surface area (Å²) in [7, 11) is 0. The van der Waals surface area contributed by atoms with Gasteiger partial charge in [-0.1, -0.05) is 6.92 Å². The molecule has 8 heavy (non-hydrogen) atoms. The lowest BCUT2D eigenvalue weighted by Crippen LogP contribution is -1.64. The maximum absolute atomic E-state index is 3.41. The van der Waals surface area contributed by atoms with Gasteiger partial charge in [0.25, 0.3) is 0 Å². The van der Waals surface area contributed by atoms with Crippen molar-refractivity contribution in [3.8, 4) is 0 Å². The first-order valence-corrected chi connectivity index (χ1v) is 4.04. The van der Waals surface area contributed by atoms with Crippen LogP contribution in [-0.4, -0.2) is 0 Å². The highest BCUT2D eigenvalue weighted by atomic mass is 79.9. The second-order valence-corrected chi connectivity index (χ2v) is 3.22. The molecule has 0 unspecified atom stereocenters. The molecule has 43 valence electrons. The van der Waals surface area contributed by atoms with Crippen molar-refractivity contribution in [1.29, 1.82) is 0 Å². The Bertz CT molecular complexity index is 169. The zero-order valence-corrected chi connectivity index (χ0v) is 6.92. The Kier molecular flexibility index (Phi) is 2.08. The molecule has 1 heterocycles. The van der Waals surface area contributed by atoms with Crippen molar-refractivity contribution in [2.45, 2.75) is 6.92 Å². The van der Waals surface area contributed by atoms with Crippen molar-refractivity contribution in [2.75, 3.05) is 0 Å². The van der Waals surface area contributed by atoms with Crippen LogP contribution < -0.4 is 0 Å². The third-order valence-electron chi connectivity index (χ3n) is 0.907. The van der Waals surface area contributed by atoms with E-state index >= 15 is 0 Å². The molecule has 0 spiro atoms. The van der Waals surface area contributed by atoms with Crippen molar-refractivity contribution in [3.05, 3.63) is 27.2 Å². The standard InChI is InChI=1S/C6H6BrS/c1-2-6-5(7)3-4-8-6/h2-4H,1H3. The molecule has 0 bridgehead atoms. The largest absolute Gasteiger partial charge is 0.147 e. The Morgan fingerprint density at radius 2 is 2.50 bits per heavy atom. The van der Waals surface area contributed by atoms with Gasteiger partial charge in [-0.3, -0.25) is 0 Å². The van der Waals surface area contributed by atoms with Crippen molar-refractivity contribution in [1.82, 2.24) is 0 Å². The molecule has 0 fully saturated rings. The highest BCUT2D eigenvalue weighted by Gasteiger charge is 1.94. The molecule has 1 rings (SSSR count). The average molecular weight is 190 g/mol. The predicted octanol–water partition coefficient (Wildman–Crippen LogP) is 3.08. The molecule has 1 aromatic heterocycles. The van der Waals surface area contributed by atoms with E-state index in [2.05, 4.69) is 33.8 Å². The summed E-state index contributed by atoms with van der Waals surface area (Å²) in [6, 6.07) is 2.06. The fraction of sp³-hybridized carbons (Fsp3) is 0.167. The van der Waals surface area contributed by atoms with Gasteiger partial charge in [0, 0.05) is 9.35 Å². The Morgan fingerprint density at radius 1 is 1.75 bits per heavy atom. The van der Waals surface area contributed by atoms with Crippen LogP contribution in [0.2, 0.25) is 0 Å². The van der Waals surface area contributed by atoms with Crippen molar-refractivity contribution < 1.29 is 0 Å². The number of rotatable bonds is 1. The normalized spacial score (nSPS) is 9.75. The van der Waals surface area contributed by atoms with Gasteiger partial charge in [-0.05, 0) is 33.8 Å². The average Bonchev–Trinajstić information content (AvgIpc) is 2.14. The molecule has 0 nitrogen and oxygen atoms in total. The molecule has 0 N–H and O–H groups in total. The predicted molar refractivity (Wildman–Crippen MR) is 41.1 cm³/mol. The molecule has 1 aromatic rings. The summed E-state index contributed by atoms with van der Waals surface area (Å²) in [6.45, 7) is 2.04. The van der Waals surface area contributed by atoms with Crippen LogP contribution in [0.25, 0.3) is 0 Å². The Morgan fingerprint density at radius 3 is 2.75 bits per heavy atom. The highest BCUT2D eigenvalue weighted by Crippen LogP contribution is 2.23. The van der Waals surface area contributed by atoms with E-state index in [0.29, 0.717) is 0 Å². The molecule has 0 aromatic carbocycles. The second-order valence-electron chi connectivity index (χ2n) is 1.42. The van der Waals surface area contributed by atoms with E-state index in [-0.39, 0.29) is 0 Å². The summed E-state index contributed by atoms with van der Waals surface area (Å²) in [5.74, 6) is 0. The van der Waals surface area contributed by atoms with Gasteiger partial charge in [0.1, 0.15) is 0 Å². The molecule has 0 saturated carbocycles. The van der Waals surface area contributed by atoms with Gasteiger partial charge >= 0.3 is 0 Å². The van der Waals surface area contributed by atoms with Gasteiger partial charge in [-0.2, -0.15) is 0 Å². The summed E-state index contributed by atoms with van der Waals surface area (Å²) in [4.78, 5) is 1.31. The van der Waals surface area contributed by atoms with Gasteiger partial charge < -0.3 is 0 Å². The third kappa shape index (κ3) is 1.12. The van der Waals surface area contributed by atoms with E-state index in [4.69, 9.17) is 0 Å². The Balaban J connectivity index is 2.92. The van der Waals surface area contributed by atoms with Gasteiger partial charge in [0.2, 0.25) is 0 Å². The summed E-state index contributed by atoms with van der Waals surface area (Å²) >= 11 is 5.15. The Hall–Kier alpha value is 0.180. The van der Waals surface area contributed by atoms with E-state index in [1.807, 2.05) is 6.92 Å². The van der Waals surface area contributed by atoms with Crippen LogP contribution in [0.5, 0.6) is 0 Å². The SMILES string of the molecule is C[CH]c1sccc1Br. The minimum absolute atomic E-state index is 1.20. The molecule has 0 aliphatic rings. The van der Waals surface area contributed by atoms with Gasteiger partial charge in [0.15, 0.2) is 0 Å². The lowest BCUT2D eigenvalue weighted by molar-refractivity contribution is 1.49. The highest BCUT2D eigenvalue weighted by molar-refractivity contribution is 9.10. The number of hydrogen-bond acceptors (Lipinski definition) is 1. The lowest BCUT2D eigenvalue weighted by Gasteiger charge is -1.85. The fourth-order valence-electron chi connectivity index (χ4n) is 0.511. The topological polar surface area (TPSA) is 0 Å². The monoisotopic (exact) mass is 189 g/mol. The van der Waals surface area contributed by atoms with Crippen molar-refractivity contribution in [2.24, 2.45) is 0 Å². The van der Waals surface area contributed by atoms with E-state index in [0.717, 1.165) is 0 Å². The molecular weight excluding hydrogens is 184 g/mol. The number of hydrogen-bond donors (Lipinski definition) is 0. The zero-order chi connectivity index (χ0) is 5.98. The molecule has 0 atom stereocenters. The Labute approximate surface area is 61.7 Å². The molecule has 0 saturated heterocycles. The van der Waals surface area contributed by atoms with Crippen molar-refractivity contribution >= 4 is 27.3 Å². The fourth-order valence-corrected chi connectivity index (χ4v) is 2.00. The van der Waals surface area contributed by atoms with Gasteiger partial charge in [0.05, 0.1) is 0 Å². The van der Waals surface area contributed by atoms with Crippen LogP contribution in [0.4, 0.5) is 0 Å². The lowest BCUT2D eigenvalue weighted by atomic mass is 10.4. The van der Waals surface area contributed by atoms with E-state index in [1.54, 1.807) is 11.3 Å². The summed E-state index contributed by atoms with van der Waals surface area (Å²) in [5.41, 5.74) is 0. The maximum Gasteiger partial charge on any atom is 0.0317 e. The van der Waals surface area contributed by atoms with Gasteiger partial charge in [-0.15, -0.1) is 11.3 Å². The quantitative estimate of drug-likeness (QED) is 0.638. The van der Waals surface area contributed by atoms with E-state index < -0.39 is 0 Å². The maximum atomic E-state index is 3.41. The first-order valence-electron chi connectivity index (χ1n) is 2.37. The first-order chi connectivity index (χ1) is 3.84. The van der Waals surface area contributed by atoms with Crippen molar-refractivity contribution in [3.63, 3.8) is 0 Å². The zero-order valence-electron chi connectivity index (χ0n) is 4.52. The van der Waals surface area contributed by atoms with Crippen LogP contribution in [0.1, 0.15) is 11.8 Å². The van der Waals surface area contributed by atoms with Crippen LogP contribution in [0.3, 0.4) is 0 Å². The summed E-state index contributed by atoms with van der Waals surface area (Å²) in [6.07, 6.45) is 2.09. The van der Waals surface area contributed by atoms with Crippen LogP contribution in [-0.2, 0) is 0 Å². The molecule has 0 aliphatic heterocycles. The molecule has 0 amide bonds. The van der Waals surface area contributed by atoms with E-state index in [9.17, 15) is 0 Å². The summed E-state index contributed by atoms with van der Waals surface area (Å²) in [5, 5.41) is 2.07. The third-order valence-corrected chi connectivity index (χ3v) is 2.84.